The first-order valence-corrected chi connectivity index (χ1v) is 7.55. The highest BCUT2D eigenvalue weighted by atomic mass is 16.5. The van der Waals surface area contributed by atoms with Gasteiger partial charge in [-0.05, 0) is 25.3 Å². The second-order valence-corrected chi connectivity index (χ2v) is 5.93. The highest BCUT2D eigenvalue weighted by Gasteiger charge is 2.52. The van der Waals surface area contributed by atoms with Crippen molar-refractivity contribution in [1.82, 2.24) is 9.88 Å². The molecule has 1 amide bonds. The van der Waals surface area contributed by atoms with Gasteiger partial charge in [-0.3, -0.25) is 4.79 Å². The number of aromatic nitrogens is 1. The van der Waals surface area contributed by atoms with Gasteiger partial charge in [0.15, 0.2) is 0 Å². The van der Waals surface area contributed by atoms with Crippen LogP contribution >= 0.6 is 0 Å². The Morgan fingerprint density at radius 1 is 1.43 bits per heavy atom. The van der Waals surface area contributed by atoms with Crippen LogP contribution in [0.3, 0.4) is 0 Å². The molecule has 0 unspecified atom stereocenters. The number of hydrogen-bond acceptors (Lipinski definition) is 4. The number of carbonyl (C=O) groups excluding carboxylic acids is 1. The van der Waals surface area contributed by atoms with Gasteiger partial charge in [0.05, 0.1) is 11.6 Å². The maximum atomic E-state index is 11.8. The molecule has 3 rings (SSSR count). The van der Waals surface area contributed by atoms with E-state index in [-0.39, 0.29) is 23.7 Å². The molecular weight excluding hydrogens is 268 g/mol. The lowest BCUT2D eigenvalue weighted by atomic mass is 9.79. The van der Waals surface area contributed by atoms with E-state index in [9.17, 15) is 4.79 Å². The van der Waals surface area contributed by atoms with Crippen molar-refractivity contribution in [2.75, 3.05) is 13.7 Å². The molecule has 0 spiro atoms. The van der Waals surface area contributed by atoms with Crippen molar-refractivity contribution >= 4 is 5.91 Å². The summed E-state index contributed by atoms with van der Waals surface area (Å²) in [5, 5.41) is 0. The molecule has 5 heteroatoms. The molecule has 1 aromatic rings. The topological polar surface area (TPSA) is 51.7 Å². The van der Waals surface area contributed by atoms with Gasteiger partial charge < -0.3 is 14.4 Å². The Balaban J connectivity index is 1.73. The summed E-state index contributed by atoms with van der Waals surface area (Å²) < 4.78 is 11.8. The highest BCUT2D eigenvalue weighted by molar-refractivity contribution is 5.74. The van der Waals surface area contributed by atoms with Gasteiger partial charge >= 0.3 is 0 Å². The van der Waals surface area contributed by atoms with Gasteiger partial charge in [-0.1, -0.05) is 6.07 Å². The molecule has 1 saturated carbocycles. The van der Waals surface area contributed by atoms with Gasteiger partial charge in [-0.25, -0.2) is 4.98 Å². The van der Waals surface area contributed by atoms with Crippen molar-refractivity contribution < 1.29 is 14.3 Å². The molecule has 21 heavy (non-hydrogen) atoms. The Kier molecular flexibility index (Phi) is 3.85. The number of carbonyl (C=O) groups is 1. The molecule has 1 aliphatic heterocycles. The molecule has 1 aliphatic carbocycles. The summed E-state index contributed by atoms with van der Waals surface area (Å²) in [4.78, 5) is 18.0. The average molecular weight is 290 g/mol. The molecule has 2 aliphatic rings. The van der Waals surface area contributed by atoms with E-state index in [0.29, 0.717) is 5.88 Å². The lowest BCUT2D eigenvalue weighted by Gasteiger charge is -2.43. The summed E-state index contributed by atoms with van der Waals surface area (Å²) in [6, 6.07) is 5.78. The van der Waals surface area contributed by atoms with E-state index in [1.165, 1.54) is 0 Å². The SMILES string of the molecule is CO[C@@]12CC[C@H](Oc3ccccn3)C[C@@H]1N(C(C)=O)CC2. The molecule has 2 fully saturated rings. The minimum absolute atomic E-state index is 0.0909. The Bertz CT molecular complexity index is 508. The van der Waals surface area contributed by atoms with Crippen LogP contribution in [0.4, 0.5) is 0 Å². The van der Waals surface area contributed by atoms with Crippen LogP contribution in [-0.2, 0) is 9.53 Å². The second kappa shape index (κ2) is 5.64. The Hall–Kier alpha value is -1.62. The predicted octanol–water partition coefficient (Wildman–Crippen LogP) is 2.02. The third-order valence-corrected chi connectivity index (χ3v) is 4.87. The maximum absolute atomic E-state index is 11.8. The van der Waals surface area contributed by atoms with E-state index < -0.39 is 0 Å². The van der Waals surface area contributed by atoms with Gasteiger partial charge in [-0.2, -0.15) is 0 Å². The third kappa shape index (κ3) is 2.62. The largest absolute Gasteiger partial charge is 0.474 e. The van der Waals surface area contributed by atoms with E-state index in [1.54, 1.807) is 20.2 Å². The first kappa shape index (κ1) is 14.3. The molecule has 5 nitrogen and oxygen atoms in total. The number of methoxy groups -OCH3 is 1. The van der Waals surface area contributed by atoms with Crippen LogP contribution in [0, 0.1) is 0 Å². The zero-order valence-electron chi connectivity index (χ0n) is 12.6. The fourth-order valence-electron chi connectivity index (χ4n) is 3.73. The summed E-state index contributed by atoms with van der Waals surface area (Å²) >= 11 is 0. The number of ether oxygens (including phenoxy) is 2. The zero-order chi connectivity index (χ0) is 14.9. The fraction of sp³-hybridized carbons (Fsp3) is 0.625. The summed E-state index contributed by atoms with van der Waals surface area (Å²) in [5.74, 6) is 0.775. The van der Waals surface area contributed by atoms with Gasteiger partial charge in [0.1, 0.15) is 6.10 Å². The minimum atomic E-state index is -0.185. The fourth-order valence-corrected chi connectivity index (χ4v) is 3.73. The van der Waals surface area contributed by atoms with Crippen LogP contribution in [0.15, 0.2) is 24.4 Å². The smallest absolute Gasteiger partial charge is 0.219 e. The first-order chi connectivity index (χ1) is 10.1. The number of pyridine rings is 1. The Morgan fingerprint density at radius 2 is 2.29 bits per heavy atom. The maximum Gasteiger partial charge on any atom is 0.219 e. The monoisotopic (exact) mass is 290 g/mol. The second-order valence-electron chi connectivity index (χ2n) is 5.93. The van der Waals surface area contributed by atoms with Crippen molar-refractivity contribution in [3.63, 3.8) is 0 Å². The molecule has 0 aromatic carbocycles. The molecule has 0 radical (unpaired) electrons. The standard InChI is InChI=1S/C16H22N2O3/c1-12(19)18-10-8-16(20-2)7-6-13(11-14(16)18)21-15-5-3-4-9-17-15/h3-5,9,13-14H,6-8,10-11H2,1-2H3/t13-,14-,16+/m0/s1. The predicted molar refractivity (Wildman–Crippen MR) is 78.0 cm³/mol. The number of fused-ring (bicyclic) bond motifs is 1. The zero-order valence-corrected chi connectivity index (χ0v) is 12.6. The normalized spacial score (nSPS) is 31.8. The molecule has 1 saturated heterocycles. The molecule has 2 heterocycles. The van der Waals surface area contributed by atoms with Crippen molar-refractivity contribution in [3.05, 3.63) is 24.4 Å². The minimum Gasteiger partial charge on any atom is -0.474 e. The third-order valence-electron chi connectivity index (χ3n) is 4.87. The number of likely N-dealkylation sites (tertiary alicyclic amines) is 1. The van der Waals surface area contributed by atoms with E-state index in [2.05, 4.69) is 4.98 Å². The molecule has 3 atom stereocenters. The van der Waals surface area contributed by atoms with Gasteiger partial charge in [0, 0.05) is 39.3 Å². The first-order valence-electron chi connectivity index (χ1n) is 7.55. The van der Waals surface area contributed by atoms with Crippen LogP contribution in [0.25, 0.3) is 0 Å². The molecule has 0 N–H and O–H groups in total. The summed E-state index contributed by atoms with van der Waals surface area (Å²) in [5.41, 5.74) is -0.185. The summed E-state index contributed by atoms with van der Waals surface area (Å²) in [6.45, 7) is 2.42. The highest BCUT2D eigenvalue weighted by Crippen LogP contribution is 2.43. The van der Waals surface area contributed by atoms with E-state index >= 15 is 0 Å². The molecule has 0 bridgehead atoms. The van der Waals surface area contributed by atoms with Gasteiger partial charge in [0.25, 0.3) is 0 Å². The molecule has 114 valence electrons. The van der Waals surface area contributed by atoms with Gasteiger partial charge in [-0.15, -0.1) is 0 Å². The molecular formula is C16H22N2O3. The van der Waals surface area contributed by atoms with Crippen molar-refractivity contribution in [3.8, 4) is 5.88 Å². The lowest BCUT2D eigenvalue weighted by molar-refractivity contribution is -0.137. The Labute approximate surface area is 125 Å². The van der Waals surface area contributed by atoms with E-state index in [4.69, 9.17) is 9.47 Å². The quantitative estimate of drug-likeness (QED) is 0.854. The van der Waals surface area contributed by atoms with Crippen molar-refractivity contribution in [2.45, 2.75) is 50.4 Å². The number of amides is 1. The summed E-state index contributed by atoms with van der Waals surface area (Å²) in [7, 11) is 1.76. The van der Waals surface area contributed by atoms with Crippen LogP contribution in [-0.4, -0.2) is 47.2 Å². The number of nitrogens with zero attached hydrogens (tertiary/aromatic N) is 2. The Morgan fingerprint density at radius 3 is 2.95 bits per heavy atom. The van der Waals surface area contributed by atoms with Crippen LogP contribution < -0.4 is 4.74 Å². The van der Waals surface area contributed by atoms with Crippen molar-refractivity contribution in [2.24, 2.45) is 0 Å². The number of hydrogen-bond donors (Lipinski definition) is 0. The number of rotatable bonds is 3. The van der Waals surface area contributed by atoms with E-state index in [0.717, 1.165) is 32.2 Å². The van der Waals surface area contributed by atoms with Crippen LogP contribution in [0.5, 0.6) is 5.88 Å². The lowest BCUT2D eigenvalue weighted by Crippen LogP contribution is -2.53. The van der Waals surface area contributed by atoms with Gasteiger partial charge in [0.2, 0.25) is 11.8 Å². The molecule has 1 aromatic heterocycles. The van der Waals surface area contributed by atoms with Crippen LogP contribution in [0.1, 0.15) is 32.6 Å². The van der Waals surface area contributed by atoms with Crippen LogP contribution in [0.2, 0.25) is 0 Å². The van der Waals surface area contributed by atoms with E-state index in [1.807, 2.05) is 23.1 Å². The average Bonchev–Trinajstić information content (AvgIpc) is 2.88. The summed E-state index contributed by atoms with van der Waals surface area (Å²) in [6.07, 6.45) is 5.42. The van der Waals surface area contributed by atoms with Crippen molar-refractivity contribution in [1.29, 1.82) is 0 Å².